The van der Waals surface area contributed by atoms with E-state index in [9.17, 15) is 19.7 Å². The Bertz CT molecular complexity index is 1130. The highest BCUT2D eigenvalue weighted by atomic mass is 127. The van der Waals surface area contributed by atoms with Crippen LogP contribution in [0.25, 0.3) is 0 Å². The standard InChI is InChI=1S/C22H17IN4O5/c23-17-5-7-18(8-6-17)25-21(28)14-32-20-11-1-15(2-12-20)13-24-26-22(29)16-3-9-19(10-4-16)27(30)31/h1-13H,14H2,(H,25,28)(H,26,29)/b24-13-. The first-order chi connectivity index (χ1) is 15.4. The highest BCUT2D eigenvalue weighted by molar-refractivity contribution is 14.1. The number of benzene rings is 3. The van der Waals surface area contributed by atoms with E-state index in [1.165, 1.54) is 30.5 Å². The maximum Gasteiger partial charge on any atom is 0.271 e. The number of halogens is 1. The summed E-state index contributed by atoms with van der Waals surface area (Å²) >= 11 is 2.19. The molecule has 0 aliphatic carbocycles. The fraction of sp³-hybridized carbons (Fsp3) is 0.0455. The van der Waals surface area contributed by atoms with Crippen LogP contribution in [0.1, 0.15) is 15.9 Å². The summed E-state index contributed by atoms with van der Waals surface area (Å²) in [6.07, 6.45) is 1.44. The molecular formula is C22H17IN4O5. The molecule has 3 aromatic rings. The second kappa shape index (κ2) is 11.0. The lowest BCUT2D eigenvalue weighted by Gasteiger charge is -2.08. The molecule has 0 aromatic heterocycles. The number of nitrogens with zero attached hydrogens (tertiary/aromatic N) is 2. The van der Waals surface area contributed by atoms with Crippen LogP contribution in [-0.4, -0.2) is 29.6 Å². The summed E-state index contributed by atoms with van der Waals surface area (Å²) in [4.78, 5) is 34.1. The van der Waals surface area contributed by atoms with E-state index in [1.54, 1.807) is 24.3 Å². The molecule has 0 heterocycles. The molecule has 0 saturated heterocycles. The van der Waals surface area contributed by atoms with E-state index in [0.717, 1.165) is 3.57 Å². The average Bonchev–Trinajstić information content (AvgIpc) is 2.80. The van der Waals surface area contributed by atoms with Crippen molar-refractivity contribution < 1.29 is 19.2 Å². The van der Waals surface area contributed by atoms with Gasteiger partial charge in [0.05, 0.1) is 11.1 Å². The second-order valence-electron chi connectivity index (χ2n) is 6.42. The number of nitrogens with one attached hydrogen (secondary N) is 2. The SMILES string of the molecule is O=C(COc1ccc(/C=N\NC(=O)c2ccc([N+](=O)[O-])cc2)cc1)Nc1ccc(I)cc1. The Hall–Kier alpha value is -3.80. The minimum absolute atomic E-state index is 0.0975. The molecule has 32 heavy (non-hydrogen) atoms. The molecule has 162 valence electrons. The van der Waals surface area contributed by atoms with Crippen molar-refractivity contribution in [2.45, 2.75) is 0 Å². The fourth-order valence-electron chi connectivity index (χ4n) is 2.49. The lowest BCUT2D eigenvalue weighted by molar-refractivity contribution is -0.384. The number of rotatable bonds is 8. The van der Waals surface area contributed by atoms with Crippen molar-refractivity contribution in [3.63, 3.8) is 0 Å². The molecule has 0 saturated carbocycles. The number of carbonyl (C=O) groups is 2. The van der Waals surface area contributed by atoms with Gasteiger partial charge in [-0.25, -0.2) is 5.43 Å². The zero-order valence-corrected chi connectivity index (χ0v) is 18.7. The maximum atomic E-state index is 12.0. The molecule has 3 rings (SSSR count). The number of hydrogen-bond acceptors (Lipinski definition) is 6. The molecule has 0 fully saturated rings. The molecular weight excluding hydrogens is 527 g/mol. The Balaban J connectivity index is 1.45. The summed E-state index contributed by atoms with van der Waals surface area (Å²) in [5.41, 5.74) is 3.90. The van der Waals surface area contributed by atoms with Crippen molar-refractivity contribution in [1.29, 1.82) is 0 Å². The van der Waals surface area contributed by atoms with E-state index in [0.29, 0.717) is 17.0 Å². The predicted molar refractivity (Wildman–Crippen MR) is 128 cm³/mol. The number of non-ortho nitro benzene ring substituents is 1. The molecule has 0 radical (unpaired) electrons. The second-order valence-corrected chi connectivity index (χ2v) is 7.66. The summed E-state index contributed by atoms with van der Waals surface area (Å²) in [6, 6.07) is 19.4. The van der Waals surface area contributed by atoms with E-state index in [4.69, 9.17) is 4.74 Å². The number of amides is 2. The van der Waals surface area contributed by atoms with Crippen LogP contribution in [-0.2, 0) is 4.79 Å². The first kappa shape index (κ1) is 22.9. The van der Waals surface area contributed by atoms with E-state index >= 15 is 0 Å². The van der Waals surface area contributed by atoms with Gasteiger partial charge >= 0.3 is 0 Å². The number of anilines is 1. The van der Waals surface area contributed by atoms with E-state index in [2.05, 4.69) is 38.4 Å². The van der Waals surface area contributed by atoms with Gasteiger partial charge in [0, 0.05) is 27.0 Å². The molecule has 10 heteroatoms. The van der Waals surface area contributed by atoms with Gasteiger partial charge in [-0.15, -0.1) is 0 Å². The molecule has 0 unspecified atom stereocenters. The Kier molecular flexibility index (Phi) is 7.86. The van der Waals surface area contributed by atoms with Crippen LogP contribution in [0.5, 0.6) is 5.75 Å². The van der Waals surface area contributed by atoms with Gasteiger partial charge in [-0.1, -0.05) is 0 Å². The zero-order chi connectivity index (χ0) is 22.9. The third-order valence-electron chi connectivity index (χ3n) is 4.10. The molecule has 0 bridgehead atoms. The smallest absolute Gasteiger partial charge is 0.271 e. The molecule has 0 atom stereocenters. The number of nitro groups is 1. The van der Waals surface area contributed by atoms with Crippen molar-refractivity contribution in [3.05, 3.63) is 97.6 Å². The quantitative estimate of drug-likeness (QED) is 0.192. The third-order valence-corrected chi connectivity index (χ3v) is 4.82. The highest BCUT2D eigenvalue weighted by Gasteiger charge is 2.08. The minimum atomic E-state index is -0.538. The normalized spacial score (nSPS) is 10.5. The lowest BCUT2D eigenvalue weighted by Crippen LogP contribution is -2.20. The topological polar surface area (TPSA) is 123 Å². The Labute approximate surface area is 196 Å². The Morgan fingerprint density at radius 3 is 2.28 bits per heavy atom. The molecule has 0 aliphatic heterocycles. The molecule has 2 N–H and O–H groups in total. The summed E-state index contributed by atoms with van der Waals surface area (Å²) in [6.45, 7) is -0.134. The van der Waals surface area contributed by atoms with Crippen molar-refractivity contribution in [2.24, 2.45) is 5.10 Å². The van der Waals surface area contributed by atoms with Crippen LogP contribution in [0, 0.1) is 13.7 Å². The fourth-order valence-corrected chi connectivity index (χ4v) is 2.85. The predicted octanol–water partition coefficient (Wildman–Crippen LogP) is 3.98. The zero-order valence-electron chi connectivity index (χ0n) is 16.5. The molecule has 3 aromatic carbocycles. The third kappa shape index (κ3) is 6.87. The summed E-state index contributed by atoms with van der Waals surface area (Å²) in [5, 5.41) is 17.3. The van der Waals surface area contributed by atoms with Gasteiger partial charge in [-0.05, 0) is 88.8 Å². The summed E-state index contributed by atoms with van der Waals surface area (Å²) < 4.78 is 6.55. The van der Waals surface area contributed by atoms with E-state index in [-0.39, 0.29) is 23.8 Å². The van der Waals surface area contributed by atoms with Crippen LogP contribution >= 0.6 is 22.6 Å². The summed E-state index contributed by atoms with van der Waals surface area (Å²) in [7, 11) is 0. The maximum absolute atomic E-state index is 12.0. The lowest BCUT2D eigenvalue weighted by atomic mass is 10.2. The van der Waals surface area contributed by atoms with E-state index < -0.39 is 10.8 Å². The van der Waals surface area contributed by atoms with Gasteiger partial charge in [-0.2, -0.15) is 5.10 Å². The van der Waals surface area contributed by atoms with Gasteiger partial charge in [0.15, 0.2) is 6.61 Å². The minimum Gasteiger partial charge on any atom is -0.484 e. The first-order valence-electron chi connectivity index (χ1n) is 9.27. The molecule has 2 amide bonds. The van der Waals surface area contributed by atoms with Gasteiger partial charge in [0.1, 0.15) is 5.75 Å². The van der Waals surface area contributed by atoms with Crippen molar-refractivity contribution in [3.8, 4) is 5.75 Å². The van der Waals surface area contributed by atoms with Gasteiger partial charge < -0.3 is 10.1 Å². The van der Waals surface area contributed by atoms with Crippen LogP contribution in [0.15, 0.2) is 77.9 Å². The van der Waals surface area contributed by atoms with Crippen molar-refractivity contribution in [1.82, 2.24) is 5.43 Å². The van der Waals surface area contributed by atoms with Crippen LogP contribution < -0.4 is 15.5 Å². The first-order valence-corrected chi connectivity index (χ1v) is 10.3. The number of nitro benzene ring substituents is 1. The number of carbonyl (C=O) groups excluding carboxylic acids is 2. The van der Waals surface area contributed by atoms with Crippen molar-refractivity contribution >= 4 is 52.0 Å². The van der Waals surface area contributed by atoms with Gasteiger partial charge in [0.2, 0.25) is 0 Å². The van der Waals surface area contributed by atoms with Gasteiger partial charge in [-0.3, -0.25) is 19.7 Å². The Morgan fingerprint density at radius 2 is 1.66 bits per heavy atom. The van der Waals surface area contributed by atoms with Crippen LogP contribution in [0.3, 0.4) is 0 Å². The van der Waals surface area contributed by atoms with E-state index in [1.807, 2.05) is 24.3 Å². The molecule has 9 nitrogen and oxygen atoms in total. The number of ether oxygens (including phenoxy) is 1. The summed E-state index contributed by atoms with van der Waals surface area (Å²) in [5.74, 6) is -0.254. The van der Waals surface area contributed by atoms with Gasteiger partial charge in [0.25, 0.3) is 17.5 Å². The highest BCUT2D eigenvalue weighted by Crippen LogP contribution is 2.14. The largest absolute Gasteiger partial charge is 0.484 e. The Morgan fingerprint density at radius 1 is 1.00 bits per heavy atom. The molecule has 0 aliphatic rings. The van der Waals surface area contributed by atoms with Crippen molar-refractivity contribution in [2.75, 3.05) is 11.9 Å². The number of hydrazone groups is 1. The molecule has 0 spiro atoms. The van der Waals surface area contributed by atoms with Crippen LogP contribution in [0.4, 0.5) is 11.4 Å². The monoisotopic (exact) mass is 544 g/mol. The average molecular weight is 544 g/mol. The van der Waals surface area contributed by atoms with Crippen LogP contribution in [0.2, 0.25) is 0 Å². The number of hydrogen-bond donors (Lipinski definition) is 2.